The Morgan fingerprint density at radius 2 is 1.05 bits per heavy atom. The van der Waals surface area contributed by atoms with Crippen molar-refractivity contribution in [3.8, 4) is 33.8 Å². The van der Waals surface area contributed by atoms with Crippen LogP contribution in [0.1, 0.15) is 68.2 Å². The highest BCUT2D eigenvalue weighted by molar-refractivity contribution is 6.17. The van der Waals surface area contributed by atoms with Crippen LogP contribution in [-0.4, -0.2) is 19.3 Å². The fourth-order valence-corrected chi connectivity index (χ4v) is 4.92. The van der Waals surface area contributed by atoms with Gasteiger partial charge in [-0.05, 0) is 80.6 Å². The van der Waals surface area contributed by atoms with Crippen LogP contribution in [0, 0.1) is 11.6 Å². The van der Waals surface area contributed by atoms with Crippen molar-refractivity contribution < 1.29 is 27.8 Å². The van der Waals surface area contributed by atoms with Gasteiger partial charge in [0.2, 0.25) is 0 Å². The quantitative estimate of drug-likeness (QED) is 0.222. The second-order valence-corrected chi connectivity index (χ2v) is 12.5. The van der Waals surface area contributed by atoms with Gasteiger partial charge in [0.1, 0.15) is 23.1 Å². The fourth-order valence-electron chi connectivity index (χ4n) is 4.75. The molecule has 4 aromatic carbocycles. The minimum absolute atomic E-state index is 0. The number of hydrogen-bond donors (Lipinski definition) is 1. The summed E-state index contributed by atoms with van der Waals surface area (Å²) in [4.78, 5) is 0. The highest BCUT2D eigenvalue weighted by atomic mass is 35.5. The van der Waals surface area contributed by atoms with E-state index >= 15 is 0 Å². The Kier molecular flexibility index (Phi) is 10.3. The summed E-state index contributed by atoms with van der Waals surface area (Å²) in [5, 5.41) is 9.33. The van der Waals surface area contributed by atoms with E-state index in [2.05, 4.69) is 47.6 Å². The Bertz CT molecular complexity index is 1420. The lowest BCUT2D eigenvalue weighted by atomic mass is 9.81. The molecule has 0 radical (unpaired) electrons. The third-order valence-electron chi connectivity index (χ3n) is 7.05. The highest BCUT2D eigenvalue weighted by Crippen LogP contribution is 2.38. The molecule has 0 aromatic heterocycles. The highest BCUT2D eigenvalue weighted by Gasteiger charge is 2.22. The molecule has 0 aliphatic carbocycles. The number of rotatable bonds is 6. The van der Waals surface area contributed by atoms with Crippen LogP contribution < -0.4 is 9.47 Å². The van der Waals surface area contributed by atoms with Gasteiger partial charge in [-0.2, -0.15) is 0 Å². The van der Waals surface area contributed by atoms with Gasteiger partial charge in [0.15, 0.2) is 0 Å². The molecule has 42 heavy (non-hydrogen) atoms. The molecule has 0 heterocycles. The second kappa shape index (κ2) is 13.7. The maximum absolute atomic E-state index is 14.3. The lowest BCUT2D eigenvalue weighted by molar-refractivity contribution is 0.281. The van der Waals surface area contributed by atoms with Crippen molar-refractivity contribution in [2.45, 2.75) is 64.9 Å². The molecular weight excluding hydrogens is 554 g/mol. The fraction of sp³-hybridized carbons (Fsp3) is 0.333. The first-order valence-corrected chi connectivity index (χ1v) is 14.4. The van der Waals surface area contributed by atoms with Crippen molar-refractivity contribution in [3.05, 3.63) is 107 Å². The van der Waals surface area contributed by atoms with Crippen molar-refractivity contribution in [1.82, 2.24) is 0 Å². The molecule has 0 spiro atoms. The number of ether oxygens (including phenoxy) is 2. The van der Waals surface area contributed by atoms with E-state index in [1.165, 1.54) is 12.1 Å². The smallest absolute Gasteiger partial charge is 0.131 e. The van der Waals surface area contributed by atoms with Crippen molar-refractivity contribution in [1.29, 1.82) is 0 Å². The van der Waals surface area contributed by atoms with Gasteiger partial charge in [-0.25, -0.2) is 8.78 Å². The molecule has 4 rings (SSSR count). The maximum atomic E-state index is 14.3. The summed E-state index contributed by atoms with van der Waals surface area (Å²) in [7, 11) is 3.15. The summed E-state index contributed by atoms with van der Waals surface area (Å²) in [5.41, 5.74) is 6.46. The molecule has 0 saturated heterocycles. The molecule has 0 fully saturated rings. The summed E-state index contributed by atoms with van der Waals surface area (Å²) < 4.78 is 48.9. The molecule has 0 aliphatic rings. The molecule has 1 N–H and O–H groups in total. The first-order valence-electron chi connectivity index (χ1n) is 14.8. The first-order chi connectivity index (χ1) is 20.7. The molecular formula is C36H45ClF2O3. The Labute approximate surface area is 258 Å². The van der Waals surface area contributed by atoms with E-state index in [1.54, 1.807) is 38.5 Å². The third-order valence-corrected chi connectivity index (χ3v) is 7.36. The standard InChI is InChI=1S/C18H20ClFO.C18H21FO2.2H2/c1-18(2,3)16-9-12(11-19)5-7-14(16)15-10-13(21-4)6-8-17(15)20;1-18(2,3)16-9-12(11-20)5-7-14(16)15-10-13(21-4)6-8-17(15)19;;/h5-10H,11H2,1-4H3;5-10,20H,11H2,1-4H3;2*1H/i;;1+2T;1+2. The van der Waals surface area contributed by atoms with Crippen molar-refractivity contribution in [2.24, 2.45) is 0 Å². The Morgan fingerprint density at radius 1 is 0.643 bits per heavy atom. The van der Waals surface area contributed by atoms with Gasteiger partial charge in [-0.15, -0.1) is 11.6 Å². The number of aliphatic hydroxyl groups is 1. The predicted molar refractivity (Wildman–Crippen MR) is 174 cm³/mol. The number of benzene rings is 4. The predicted octanol–water partition coefficient (Wildman–Crippen LogP) is 10.3. The van der Waals surface area contributed by atoms with Gasteiger partial charge in [-0.3, -0.25) is 0 Å². The Hall–Kier alpha value is -3.41. The van der Waals surface area contributed by atoms with E-state index in [0.29, 0.717) is 28.5 Å². The van der Waals surface area contributed by atoms with Crippen molar-refractivity contribution in [3.63, 3.8) is 0 Å². The zero-order valence-corrected chi connectivity index (χ0v) is 26.5. The van der Waals surface area contributed by atoms with E-state index in [0.717, 1.165) is 33.4 Å². The van der Waals surface area contributed by atoms with E-state index in [-0.39, 0.29) is 30.5 Å². The van der Waals surface area contributed by atoms with Crippen LogP contribution in [0.4, 0.5) is 8.78 Å². The second-order valence-electron chi connectivity index (χ2n) is 12.2. The molecule has 0 atom stereocenters. The number of hydrogen-bond acceptors (Lipinski definition) is 3. The average Bonchev–Trinajstić information content (AvgIpc) is 3.01. The van der Waals surface area contributed by atoms with E-state index in [4.69, 9.17) is 24.0 Å². The summed E-state index contributed by atoms with van der Waals surface area (Å²) in [6.07, 6.45) is 0. The van der Waals surface area contributed by atoms with Crippen LogP contribution in [0.3, 0.4) is 0 Å². The molecule has 228 valence electrons. The SMILES string of the molecule is COc1ccc(F)c(-c2ccc(CCl)cc2C(C)(C)C)c1.COc1ccc(F)c(-c2ccc(CO)cc2C(C)(C)C)c1.[3HH].[3H][3H]. The van der Waals surface area contributed by atoms with Gasteiger partial charge in [0.25, 0.3) is 0 Å². The molecule has 6 heteroatoms. The average molecular weight is 605 g/mol. The number of aliphatic hydroxyl groups excluding tert-OH is 1. The molecule has 3 nitrogen and oxygen atoms in total. The summed E-state index contributed by atoms with van der Waals surface area (Å²) in [6.45, 7) is 12.5. The maximum Gasteiger partial charge on any atom is 0.131 e. The van der Waals surface area contributed by atoms with Gasteiger partial charge in [0, 0.05) is 21.4 Å². The van der Waals surface area contributed by atoms with Crippen LogP contribution in [0.5, 0.6) is 11.5 Å². The van der Waals surface area contributed by atoms with Crippen molar-refractivity contribution >= 4 is 11.6 Å². The van der Waals surface area contributed by atoms with Crippen LogP contribution in [-0.2, 0) is 23.3 Å². The van der Waals surface area contributed by atoms with E-state index in [9.17, 15) is 13.9 Å². The number of halogens is 3. The summed E-state index contributed by atoms with van der Waals surface area (Å²) in [5.74, 6) is 1.19. The summed E-state index contributed by atoms with van der Waals surface area (Å²) in [6, 6.07) is 21.1. The first kappa shape index (κ1) is 31.5. The van der Waals surface area contributed by atoms with Crippen LogP contribution >= 0.6 is 11.6 Å². The summed E-state index contributed by atoms with van der Waals surface area (Å²) >= 11 is 5.93. The molecule has 4 aromatic rings. The molecule has 0 bridgehead atoms. The molecule has 0 unspecified atom stereocenters. The third kappa shape index (κ3) is 7.90. The Morgan fingerprint density at radius 3 is 1.40 bits per heavy atom. The zero-order chi connectivity index (χ0) is 33.2. The number of methoxy groups -OCH3 is 2. The van der Waals surface area contributed by atoms with Gasteiger partial charge >= 0.3 is 0 Å². The molecule has 0 saturated carbocycles. The van der Waals surface area contributed by atoms with Gasteiger partial charge < -0.3 is 14.6 Å². The zero-order valence-electron chi connectivity index (χ0n) is 27.7. The monoisotopic (exact) mass is 604 g/mol. The molecule has 0 aliphatic heterocycles. The minimum atomic E-state index is -0.280. The topological polar surface area (TPSA) is 38.7 Å². The molecule has 0 amide bonds. The number of alkyl halides is 1. The minimum Gasteiger partial charge on any atom is -0.497 e. The lowest BCUT2D eigenvalue weighted by Gasteiger charge is -2.24. The van der Waals surface area contributed by atoms with Crippen LogP contribution in [0.2, 0.25) is 0 Å². The van der Waals surface area contributed by atoms with Gasteiger partial charge in [0.05, 0.1) is 20.8 Å². The normalized spacial score (nSPS) is 11.7. The van der Waals surface area contributed by atoms with Crippen LogP contribution in [0.15, 0.2) is 72.8 Å². The van der Waals surface area contributed by atoms with E-state index < -0.39 is 0 Å². The lowest BCUT2D eigenvalue weighted by Crippen LogP contribution is -2.13. The largest absolute Gasteiger partial charge is 0.497 e. The Balaban J connectivity index is 0.000000418. The van der Waals surface area contributed by atoms with Gasteiger partial charge in [-0.1, -0.05) is 77.9 Å². The van der Waals surface area contributed by atoms with Crippen molar-refractivity contribution in [2.75, 3.05) is 14.2 Å². The van der Waals surface area contributed by atoms with E-state index in [1.807, 2.05) is 30.3 Å². The van der Waals surface area contributed by atoms with Crippen LogP contribution in [0.25, 0.3) is 22.3 Å².